The SMILES string of the molecule is O=C(N[C@H]1CCOc2ccccc21)c1ccccc1O. The van der Waals surface area contributed by atoms with E-state index in [0.717, 1.165) is 17.7 Å². The number of carbonyl (C=O) groups excluding carboxylic acids is 1. The normalized spacial score (nSPS) is 16.9. The van der Waals surface area contributed by atoms with Gasteiger partial charge in [0.2, 0.25) is 0 Å². The maximum Gasteiger partial charge on any atom is 0.255 e. The van der Waals surface area contributed by atoms with Crippen LogP contribution in [0.5, 0.6) is 11.5 Å². The summed E-state index contributed by atoms with van der Waals surface area (Å²) in [4.78, 5) is 12.2. The van der Waals surface area contributed by atoms with Crippen molar-refractivity contribution < 1.29 is 14.6 Å². The zero-order chi connectivity index (χ0) is 13.9. The summed E-state index contributed by atoms with van der Waals surface area (Å²) in [5.74, 6) is 0.525. The number of hydrogen-bond acceptors (Lipinski definition) is 3. The van der Waals surface area contributed by atoms with E-state index >= 15 is 0 Å². The fourth-order valence-electron chi connectivity index (χ4n) is 2.39. The molecule has 0 saturated carbocycles. The lowest BCUT2D eigenvalue weighted by atomic mass is 10.00. The molecule has 1 heterocycles. The molecule has 2 N–H and O–H groups in total. The third-order valence-corrected chi connectivity index (χ3v) is 3.41. The van der Waals surface area contributed by atoms with E-state index in [2.05, 4.69) is 5.32 Å². The van der Waals surface area contributed by atoms with Crippen molar-refractivity contribution in [1.82, 2.24) is 5.32 Å². The van der Waals surface area contributed by atoms with E-state index in [-0.39, 0.29) is 23.3 Å². The highest BCUT2D eigenvalue weighted by atomic mass is 16.5. The lowest BCUT2D eigenvalue weighted by Crippen LogP contribution is -2.32. The first-order chi connectivity index (χ1) is 9.75. The zero-order valence-electron chi connectivity index (χ0n) is 10.9. The molecule has 1 amide bonds. The largest absolute Gasteiger partial charge is 0.507 e. The van der Waals surface area contributed by atoms with E-state index in [4.69, 9.17) is 4.74 Å². The maximum absolute atomic E-state index is 12.2. The van der Waals surface area contributed by atoms with E-state index in [9.17, 15) is 9.90 Å². The molecule has 0 aliphatic carbocycles. The first kappa shape index (κ1) is 12.5. The average molecular weight is 269 g/mol. The van der Waals surface area contributed by atoms with Gasteiger partial charge in [-0.25, -0.2) is 0 Å². The molecule has 3 rings (SSSR count). The number of carbonyl (C=O) groups is 1. The van der Waals surface area contributed by atoms with Gasteiger partial charge in [0.15, 0.2) is 0 Å². The van der Waals surface area contributed by atoms with Crippen molar-refractivity contribution in [3.63, 3.8) is 0 Å². The first-order valence-corrected chi connectivity index (χ1v) is 6.56. The molecule has 1 atom stereocenters. The van der Waals surface area contributed by atoms with E-state index in [1.165, 1.54) is 6.07 Å². The summed E-state index contributed by atoms with van der Waals surface area (Å²) in [5, 5.41) is 12.7. The quantitative estimate of drug-likeness (QED) is 0.881. The summed E-state index contributed by atoms with van der Waals surface area (Å²) in [6.07, 6.45) is 0.719. The van der Waals surface area contributed by atoms with Gasteiger partial charge in [0.25, 0.3) is 5.91 Å². The van der Waals surface area contributed by atoms with E-state index in [1.807, 2.05) is 24.3 Å². The monoisotopic (exact) mass is 269 g/mol. The number of aromatic hydroxyl groups is 1. The number of rotatable bonds is 2. The summed E-state index contributed by atoms with van der Waals surface area (Å²) in [7, 11) is 0. The standard InChI is InChI=1S/C16H15NO3/c18-14-7-3-1-6-12(14)16(19)17-13-9-10-20-15-8-4-2-5-11(13)15/h1-8,13,18H,9-10H2,(H,17,19)/t13-/m0/s1. The minimum atomic E-state index is -0.273. The maximum atomic E-state index is 12.2. The Balaban J connectivity index is 1.83. The highest BCUT2D eigenvalue weighted by Gasteiger charge is 2.23. The van der Waals surface area contributed by atoms with Gasteiger partial charge in [-0.2, -0.15) is 0 Å². The number of nitrogens with one attached hydrogen (secondary N) is 1. The number of phenols is 1. The number of hydrogen-bond donors (Lipinski definition) is 2. The van der Waals surface area contributed by atoms with Gasteiger partial charge in [-0.1, -0.05) is 30.3 Å². The molecule has 1 aliphatic rings. The molecule has 2 aromatic carbocycles. The van der Waals surface area contributed by atoms with E-state index < -0.39 is 0 Å². The Morgan fingerprint density at radius 2 is 1.90 bits per heavy atom. The van der Waals surface area contributed by atoms with Gasteiger partial charge in [0.1, 0.15) is 11.5 Å². The van der Waals surface area contributed by atoms with Crippen LogP contribution in [0.1, 0.15) is 28.4 Å². The number of para-hydroxylation sites is 2. The zero-order valence-corrected chi connectivity index (χ0v) is 10.9. The molecule has 4 nitrogen and oxygen atoms in total. The van der Waals surface area contributed by atoms with Crippen molar-refractivity contribution in [2.75, 3.05) is 6.61 Å². The van der Waals surface area contributed by atoms with Crippen LogP contribution in [0.25, 0.3) is 0 Å². The van der Waals surface area contributed by atoms with Crippen LogP contribution in [-0.4, -0.2) is 17.6 Å². The molecular formula is C16H15NO3. The summed E-state index contributed by atoms with van der Waals surface area (Å²) >= 11 is 0. The Morgan fingerprint density at radius 1 is 1.15 bits per heavy atom. The van der Waals surface area contributed by atoms with Crippen molar-refractivity contribution in [3.8, 4) is 11.5 Å². The Morgan fingerprint density at radius 3 is 2.75 bits per heavy atom. The lowest BCUT2D eigenvalue weighted by molar-refractivity contribution is 0.0922. The summed E-state index contributed by atoms with van der Waals surface area (Å²) in [6.45, 7) is 0.572. The number of phenolic OH excluding ortho intramolecular Hbond substituents is 1. The molecule has 0 spiro atoms. The first-order valence-electron chi connectivity index (χ1n) is 6.56. The molecule has 2 aromatic rings. The molecule has 0 fully saturated rings. The Labute approximate surface area is 117 Å². The summed E-state index contributed by atoms with van der Waals surface area (Å²) < 4.78 is 5.56. The van der Waals surface area contributed by atoms with E-state index in [0.29, 0.717) is 6.61 Å². The van der Waals surface area contributed by atoms with Crippen molar-refractivity contribution in [3.05, 3.63) is 59.7 Å². The van der Waals surface area contributed by atoms with Crippen LogP contribution < -0.4 is 10.1 Å². The fourth-order valence-corrected chi connectivity index (χ4v) is 2.39. The average Bonchev–Trinajstić information content (AvgIpc) is 2.48. The van der Waals surface area contributed by atoms with Gasteiger partial charge in [-0.15, -0.1) is 0 Å². The molecule has 0 aromatic heterocycles. The number of amides is 1. The van der Waals surface area contributed by atoms with Gasteiger partial charge in [0.05, 0.1) is 18.2 Å². The van der Waals surface area contributed by atoms with Crippen LogP contribution in [0.2, 0.25) is 0 Å². The van der Waals surface area contributed by atoms with E-state index in [1.54, 1.807) is 18.2 Å². The smallest absolute Gasteiger partial charge is 0.255 e. The molecular weight excluding hydrogens is 254 g/mol. The Bertz CT molecular complexity index is 639. The van der Waals surface area contributed by atoms with Crippen molar-refractivity contribution in [2.45, 2.75) is 12.5 Å². The topological polar surface area (TPSA) is 58.6 Å². The molecule has 0 radical (unpaired) electrons. The highest BCUT2D eigenvalue weighted by molar-refractivity contribution is 5.97. The van der Waals surface area contributed by atoms with Crippen molar-refractivity contribution in [2.24, 2.45) is 0 Å². The van der Waals surface area contributed by atoms with Gasteiger partial charge in [-0.3, -0.25) is 4.79 Å². The van der Waals surface area contributed by atoms with Gasteiger partial charge in [-0.05, 0) is 18.2 Å². The molecule has 0 bridgehead atoms. The molecule has 0 saturated heterocycles. The second kappa shape index (κ2) is 5.25. The second-order valence-corrected chi connectivity index (χ2v) is 4.72. The van der Waals surface area contributed by atoms with Crippen LogP contribution in [0.4, 0.5) is 0 Å². The van der Waals surface area contributed by atoms with Crippen LogP contribution >= 0.6 is 0 Å². The fraction of sp³-hybridized carbons (Fsp3) is 0.188. The van der Waals surface area contributed by atoms with Crippen molar-refractivity contribution >= 4 is 5.91 Å². The third kappa shape index (κ3) is 2.32. The molecule has 20 heavy (non-hydrogen) atoms. The number of ether oxygens (including phenoxy) is 1. The minimum Gasteiger partial charge on any atom is -0.507 e. The lowest BCUT2D eigenvalue weighted by Gasteiger charge is -2.26. The Hall–Kier alpha value is -2.49. The molecule has 102 valence electrons. The highest BCUT2D eigenvalue weighted by Crippen LogP contribution is 2.32. The summed E-state index contributed by atoms with van der Waals surface area (Å²) in [6, 6.07) is 14.1. The summed E-state index contributed by atoms with van der Waals surface area (Å²) in [5.41, 5.74) is 1.26. The van der Waals surface area contributed by atoms with Crippen LogP contribution in [0, 0.1) is 0 Å². The van der Waals surface area contributed by atoms with Crippen LogP contribution in [-0.2, 0) is 0 Å². The molecule has 1 aliphatic heterocycles. The van der Waals surface area contributed by atoms with Gasteiger partial charge in [0, 0.05) is 12.0 Å². The Kier molecular flexibility index (Phi) is 3.29. The second-order valence-electron chi connectivity index (χ2n) is 4.72. The predicted octanol–water partition coefficient (Wildman–Crippen LogP) is 2.65. The predicted molar refractivity (Wildman–Crippen MR) is 74.9 cm³/mol. The van der Waals surface area contributed by atoms with Crippen LogP contribution in [0.3, 0.4) is 0 Å². The number of fused-ring (bicyclic) bond motifs is 1. The van der Waals surface area contributed by atoms with Crippen LogP contribution in [0.15, 0.2) is 48.5 Å². The van der Waals surface area contributed by atoms with Gasteiger partial charge < -0.3 is 15.2 Å². The molecule has 4 heteroatoms. The minimum absolute atomic E-state index is 0.00894. The third-order valence-electron chi connectivity index (χ3n) is 3.41. The van der Waals surface area contributed by atoms with Crippen molar-refractivity contribution in [1.29, 1.82) is 0 Å². The van der Waals surface area contributed by atoms with Gasteiger partial charge >= 0.3 is 0 Å². The number of benzene rings is 2. The molecule has 0 unspecified atom stereocenters.